The van der Waals surface area contributed by atoms with Crippen molar-refractivity contribution < 1.29 is 4.79 Å². The van der Waals surface area contributed by atoms with Crippen molar-refractivity contribution in [3.8, 4) is 0 Å². The van der Waals surface area contributed by atoms with Gasteiger partial charge in [-0.25, -0.2) is 0 Å². The van der Waals surface area contributed by atoms with Crippen LogP contribution in [-0.4, -0.2) is 43.0 Å². The molecule has 0 aromatic rings. The summed E-state index contributed by atoms with van der Waals surface area (Å²) < 4.78 is 0. The lowest BCUT2D eigenvalue weighted by atomic mass is 10.1. The van der Waals surface area contributed by atoms with Crippen molar-refractivity contribution in [3.63, 3.8) is 0 Å². The van der Waals surface area contributed by atoms with Crippen LogP contribution in [0.3, 0.4) is 0 Å². The van der Waals surface area contributed by atoms with E-state index in [1.807, 2.05) is 13.8 Å². The number of likely N-dealkylation sites (N-methyl/N-ethyl adjacent to an activating group) is 1. The first-order valence-corrected chi connectivity index (χ1v) is 6.28. The normalized spacial score (nSPS) is 13.2. The van der Waals surface area contributed by atoms with E-state index in [1.165, 1.54) is 0 Å². The molecule has 4 heteroatoms. The zero-order valence-electron chi connectivity index (χ0n) is 11.1. The third-order valence-corrected chi connectivity index (χ3v) is 2.74. The van der Waals surface area contributed by atoms with Gasteiger partial charge in [-0.1, -0.05) is 27.7 Å². The Morgan fingerprint density at radius 2 is 1.94 bits per heavy atom. The van der Waals surface area contributed by atoms with Gasteiger partial charge in [-0.3, -0.25) is 4.79 Å². The van der Waals surface area contributed by atoms with Gasteiger partial charge in [0.1, 0.15) is 0 Å². The van der Waals surface area contributed by atoms with Crippen LogP contribution in [0, 0.1) is 5.92 Å². The van der Waals surface area contributed by atoms with Gasteiger partial charge in [0.25, 0.3) is 0 Å². The van der Waals surface area contributed by atoms with E-state index in [-0.39, 0.29) is 17.9 Å². The Bertz CT molecular complexity index is 195. The zero-order valence-corrected chi connectivity index (χ0v) is 11.1. The third-order valence-electron chi connectivity index (χ3n) is 2.74. The largest absolute Gasteiger partial charge is 0.353 e. The molecule has 0 bridgehead atoms. The lowest BCUT2D eigenvalue weighted by Crippen LogP contribution is -2.46. The van der Waals surface area contributed by atoms with Crippen LogP contribution in [-0.2, 0) is 4.79 Å². The van der Waals surface area contributed by atoms with E-state index in [4.69, 9.17) is 5.73 Å². The molecule has 1 atom stereocenters. The highest BCUT2D eigenvalue weighted by Crippen LogP contribution is 1.97. The van der Waals surface area contributed by atoms with Crippen LogP contribution in [0.2, 0.25) is 0 Å². The van der Waals surface area contributed by atoms with Crippen LogP contribution < -0.4 is 11.1 Å². The van der Waals surface area contributed by atoms with Crippen molar-refractivity contribution >= 4 is 5.91 Å². The number of nitrogens with zero attached hydrogens (tertiary/aromatic N) is 1. The second kappa shape index (κ2) is 8.53. The van der Waals surface area contributed by atoms with Crippen LogP contribution in [0.15, 0.2) is 0 Å². The van der Waals surface area contributed by atoms with Crippen LogP contribution in [0.5, 0.6) is 0 Å². The minimum atomic E-state index is -0.388. The van der Waals surface area contributed by atoms with Gasteiger partial charge in [0, 0.05) is 13.1 Å². The second-order valence-electron chi connectivity index (χ2n) is 4.50. The molecule has 0 fully saturated rings. The van der Waals surface area contributed by atoms with E-state index in [1.54, 1.807) is 0 Å². The van der Waals surface area contributed by atoms with Crippen molar-refractivity contribution in [2.75, 3.05) is 26.2 Å². The van der Waals surface area contributed by atoms with Gasteiger partial charge in [-0.15, -0.1) is 0 Å². The van der Waals surface area contributed by atoms with Crippen LogP contribution in [0.25, 0.3) is 0 Å². The van der Waals surface area contributed by atoms with Gasteiger partial charge in [-0.05, 0) is 25.4 Å². The minimum Gasteiger partial charge on any atom is -0.353 e. The van der Waals surface area contributed by atoms with E-state index >= 15 is 0 Å². The Morgan fingerprint density at radius 3 is 2.38 bits per heavy atom. The maximum absolute atomic E-state index is 11.6. The summed E-state index contributed by atoms with van der Waals surface area (Å²) >= 11 is 0. The topological polar surface area (TPSA) is 58.4 Å². The monoisotopic (exact) mass is 229 g/mol. The van der Waals surface area contributed by atoms with Crippen molar-refractivity contribution in [2.24, 2.45) is 11.7 Å². The van der Waals surface area contributed by atoms with E-state index in [2.05, 4.69) is 24.1 Å². The smallest absolute Gasteiger partial charge is 0.237 e. The highest BCUT2D eigenvalue weighted by atomic mass is 16.2. The van der Waals surface area contributed by atoms with Crippen molar-refractivity contribution in [3.05, 3.63) is 0 Å². The summed E-state index contributed by atoms with van der Waals surface area (Å²) in [5, 5.41) is 2.88. The first-order chi connectivity index (χ1) is 7.52. The number of hydrogen-bond acceptors (Lipinski definition) is 3. The Kier molecular flexibility index (Phi) is 8.21. The van der Waals surface area contributed by atoms with Crippen molar-refractivity contribution in [1.29, 1.82) is 0 Å². The fourth-order valence-electron chi connectivity index (χ4n) is 1.50. The molecule has 0 aliphatic carbocycles. The lowest BCUT2D eigenvalue weighted by Gasteiger charge is -2.21. The molecule has 0 unspecified atom stereocenters. The Balaban J connectivity index is 3.75. The lowest BCUT2D eigenvalue weighted by molar-refractivity contribution is -0.123. The number of nitrogens with one attached hydrogen (secondary N) is 1. The van der Waals surface area contributed by atoms with E-state index < -0.39 is 0 Å². The molecule has 1 amide bonds. The Labute approximate surface area is 99.6 Å². The number of rotatable bonds is 8. The van der Waals surface area contributed by atoms with Gasteiger partial charge in [0.15, 0.2) is 0 Å². The fourth-order valence-corrected chi connectivity index (χ4v) is 1.50. The van der Waals surface area contributed by atoms with Gasteiger partial charge in [-0.2, -0.15) is 0 Å². The van der Waals surface area contributed by atoms with Gasteiger partial charge in [0.2, 0.25) is 5.91 Å². The molecule has 0 spiro atoms. The predicted molar refractivity (Wildman–Crippen MR) is 68.2 cm³/mol. The molecule has 0 heterocycles. The van der Waals surface area contributed by atoms with Gasteiger partial charge in [0.05, 0.1) is 6.04 Å². The summed E-state index contributed by atoms with van der Waals surface area (Å²) in [6.07, 6.45) is 1.15. The average Bonchev–Trinajstić information content (AvgIpc) is 2.26. The summed E-state index contributed by atoms with van der Waals surface area (Å²) in [7, 11) is 0. The summed E-state index contributed by atoms with van der Waals surface area (Å²) in [5.74, 6) is 0.153. The molecule has 0 rings (SSSR count). The first kappa shape index (κ1) is 15.4. The average molecular weight is 229 g/mol. The maximum atomic E-state index is 11.6. The Morgan fingerprint density at radius 1 is 1.31 bits per heavy atom. The maximum Gasteiger partial charge on any atom is 0.237 e. The molecule has 0 aromatic heterocycles. The molecular formula is C12H27N3O. The highest BCUT2D eigenvalue weighted by Gasteiger charge is 2.16. The summed E-state index contributed by atoms with van der Waals surface area (Å²) in [5.41, 5.74) is 5.74. The van der Waals surface area contributed by atoms with Crippen LogP contribution >= 0.6 is 0 Å². The molecule has 0 radical (unpaired) electrons. The van der Waals surface area contributed by atoms with Crippen LogP contribution in [0.1, 0.15) is 34.1 Å². The highest BCUT2D eigenvalue weighted by molar-refractivity contribution is 5.81. The molecule has 4 nitrogen and oxygen atoms in total. The van der Waals surface area contributed by atoms with Gasteiger partial charge < -0.3 is 16.0 Å². The second-order valence-corrected chi connectivity index (χ2v) is 4.50. The summed E-state index contributed by atoms with van der Waals surface area (Å²) in [6.45, 7) is 11.9. The Hall–Kier alpha value is -0.610. The third kappa shape index (κ3) is 6.08. The molecule has 0 saturated heterocycles. The quantitative estimate of drug-likeness (QED) is 0.648. The zero-order chi connectivity index (χ0) is 12.6. The molecule has 0 aliphatic heterocycles. The number of carbonyl (C=O) groups is 1. The predicted octanol–water partition coefficient (Wildman–Crippen LogP) is 0.818. The van der Waals surface area contributed by atoms with E-state index in [0.29, 0.717) is 6.54 Å². The fraction of sp³-hybridized carbons (Fsp3) is 0.917. The molecular weight excluding hydrogens is 202 g/mol. The summed E-state index contributed by atoms with van der Waals surface area (Å²) in [4.78, 5) is 13.9. The SMILES string of the molecule is CCCN(CC)CCNC(=O)[C@H](N)C(C)C. The van der Waals surface area contributed by atoms with E-state index in [0.717, 1.165) is 26.1 Å². The molecule has 16 heavy (non-hydrogen) atoms. The number of amides is 1. The van der Waals surface area contributed by atoms with Gasteiger partial charge >= 0.3 is 0 Å². The number of nitrogens with two attached hydrogens (primary N) is 1. The van der Waals surface area contributed by atoms with Crippen molar-refractivity contribution in [2.45, 2.75) is 40.2 Å². The van der Waals surface area contributed by atoms with E-state index in [9.17, 15) is 4.79 Å². The molecule has 0 saturated carbocycles. The van der Waals surface area contributed by atoms with Crippen LogP contribution in [0.4, 0.5) is 0 Å². The molecule has 0 aromatic carbocycles. The number of carbonyl (C=O) groups excluding carboxylic acids is 1. The number of hydrogen-bond donors (Lipinski definition) is 2. The minimum absolute atomic E-state index is 0.0393. The molecule has 96 valence electrons. The summed E-state index contributed by atoms with van der Waals surface area (Å²) in [6, 6.07) is -0.388. The first-order valence-electron chi connectivity index (χ1n) is 6.28. The van der Waals surface area contributed by atoms with Crippen molar-refractivity contribution in [1.82, 2.24) is 10.2 Å². The molecule has 0 aliphatic rings. The standard InChI is InChI=1S/C12H27N3O/c1-5-8-15(6-2)9-7-14-12(16)11(13)10(3)4/h10-11H,5-9,13H2,1-4H3,(H,14,16)/t11-/m1/s1. The molecule has 3 N–H and O–H groups in total.